The largest absolute Gasteiger partial charge is 0.467 e. The fraction of sp³-hybridized carbons (Fsp3) is 0.421. The van der Waals surface area contributed by atoms with E-state index in [0.29, 0.717) is 31.1 Å². The van der Waals surface area contributed by atoms with Gasteiger partial charge in [-0.1, -0.05) is 6.07 Å². The molecule has 2 aliphatic rings. The maximum Gasteiger partial charge on any atom is 0.254 e. The fourth-order valence-electron chi connectivity index (χ4n) is 3.51. The lowest BCUT2D eigenvalue weighted by Crippen LogP contribution is -2.44. The van der Waals surface area contributed by atoms with E-state index < -0.39 is 0 Å². The fourth-order valence-corrected chi connectivity index (χ4v) is 3.51. The number of carbonyl (C=O) groups is 1. The first kappa shape index (κ1) is 19.5. The van der Waals surface area contributed by atoms with Crippen LogP contribution < -0.4 is 20.5 Å². The molecule has 2 aromatic rings. The van der Waals surface area contributed by atoms with Gasteiger partial charge in [0.1, 0.15) is 12.0 Å². The first-order valence-electron chi connectivity index (χ1n) is 8.74. The van der Waals surface area contributed by atoms with Gasteiger partial charge in [-0.15, -0.1) is 12.4 Å². The van der Waals surface area contributed by atoms with Gasteiger partial charge in [-0.05, 0) is 36.6 Å². The number of carbonyl (C=O) groups excluding carboxylic acids is 1. The molecule has 1 aromatic heterocycles. The van der Waals surface area contributed by atoms with Gasteiger partial charge in [0.25, 0.3) is 5.91 Å². The summed E-state index contributed by atoms with van der Waals surface area (Å²) in [6.45, 7) is 2.35. The Balaban J connectivity index is 0.00000210. The molecule has 2 aliphatic heterocycles. The van der Waals surface area contributed by atoms with Gasteiger partial charge in [0, 0.05) is 25.2 Å². The molecule has 27 heavy (non-hydrogen) atoms. The third-order valence-electron chi connectivity index (χ3n) is 5.14. The van der Waals surface area contributed by atoms with Crippen LogP contribution in [0.4, 0.5) is 0 Å². The highest BCUT2D eigenvalue weighted by atomic mass is 35.5. The number of halogens is 1. The lowest BCUT2D eigenvalue weighted by Gasteiger charge is -2.38. The molecule has 146 valence electrons. The molecule has 1 fully saturated rings. The quantitative estimate of drug-likeness (QED) is 0.808. The second-order valence-electron chi connectivity index (χ2n) is 6.65. The van der Waals surface area contributed by atoms with Gasteiger partial charge in [0.2, 0.25) is 6.79 Å². The molecular weight excluding hydrogens is 372 g/mol. The zero-order valence-electron chi connectivity index (χ0n) is 14.9. The lowest BCUT2D eigenvalue weighted by molar-refractivity contribution is 0.0486. The van der Waals surface area contributed by atoms with Crippen molar-refractivity contribution >= 4 is 18.3 Å². The third-order valence-corrected chi connectivity index (χ3v) is 5.14. The van der Waals surface area contributed by atoms with Crippen LogP contribution >= 0.6 is 12.4 Å². The van der Waals surface area contributed by atoms with Crippen molar-refractivity contribution in [2.45, 2.75) is 24.8 Å². The van der Waals surface area contributed by atoms with Crippen LogP contribution in [-0.4, -0.2) is 32.5 Å². The number of ether oxygens (including phenoxy) is 3. The average Bonchev–Trinajstić information content (AvgIpc) is 3.35. The van der Waals surface area contributed by atoms with Crippen molar-refractivity contribution < 1.29 is 23.4 Å². The van der Waals surface area contributed by atoms with Gasteiger partial charge in [-0.2, -0.15) is 0 Å². The van der Waals surface area contributed by atoms with Gasteiger partial charge in [0.05, 0.1) is 12.1 Å². The van der Waals surface area contributed by atoms with Crippen molar-refractivity contribution in [2.24, 2.45) is 5.73 Å². The molecule has 1 aromatic carbocycles. The minimum absolute atomic E-state index is 0. The van der Waals surface area contributed by atoms with E-state index in [1.807, 2.05) is 12.1 Å². The third kappa shape index (κ3) is 3.90. The maximum absolute atomic E-state index is 12.5. The molecule has 0 saturated carbocycles. The van der Waals surface area contributed by atoms with Crippen molar-refractivity contribution in [3.05, 3.63) is 47.4 Å². The Bertz CT molecular complexity index is 801. The van der Waals surface area contributed by atoms with Crippen LogP contribution in [-0.2, 0) is 16.7 Å². The van der Waals surface area contributed by atoms with E-state index in [1.165, 1.54) is 6.26 Å². The molecule has 3 heterocycles. The van der Waals surface area contributed by atoms with Crippen LogP contribution in [0.1, 0.15) is 34.5 Å². The van der Waals surface area contributed by atoms with E-state index in [-0.39, 0.29) is 37.1 Å². The monoisotopic (exact) mass is 394 g/mol. The van der Waals surface area contributed by atoms with Crippen molar-refractivity contribution in [3.8, 4) is 11.5 Å². The van der Waals surface area contributed by atoms with E-state index >= 15 is 0 Å². The highest BCUT2D eigenvalue weighted by Gasteiger charge is 2.36. The Labute approximate surface area is 163 Å². The van der Waals surface area contributed by atoms with Crippen molar-refractivity contribution in [2.75, 3.05) is 26.6 Å². The van der Waals surface area contributed by atoms with Crippen LogP contribution in [0.5, 0.6) is 11.5 Å². The predicted molar refractivity (Wildman–Crippen MR) is 100 cm³/mol. The van der Waals surface area contributed by atoms with E-state index in [0.717, 1.165) is 29.9 Å². The molecular formula is C19H23ClN2O5. The summed E-state index contributed by atoms with van der Waals surface area (Å²) in [5.41, 5.74) is 6.95. The van der Waals surface area contributed by atoms with Crippen LogP contribution in [0.25, 0.3) is 0 Å². The van der Waals surface area contributed by atoms with Gasteiger partial charge < -0.3 is 29.7 Å². The molecule has 0 atom stereocenters. The maximum atomic E-state index is 12.5. The van der Waals surface area contributed by atoms with Crippen molar-refractivity contribution in [3.63, 3.8) is 0 Å². The van der Waals surface area contributed by atoms with Gasteiger partial charge in [-0.3, -0.25) is 4.79 Å². The predicted octanol–water partition coefficient (Wildman–Crippen LogP) is 2.37. The number of furan rings is 1. The zero-order chi connectivity index (χ0) is 18.0. The van der Waals surface area contributed by atoms with E-state index in [4.69, 9.17) is 24.4 Å². The van der Waals surface area contributed by atoms with Crippen LogP contribution in [0.3, 0.4) is 0 Å². The Hall–Kier alpha value is -2.22. The smallest absolute Gasteiger partial charge is 0.254 e. The summed E-state index contributed by atoms with van der Waals surface area (Å²) in [6, 6.07) is 7.67. The number of benzene rings is 1. The van der Waals surface area contributed by atoms with Crippen molar-refractivity contribution in [1.29, 1.82) is 0 Å². The zero-order valence-corrected chi connectivity index (χ0v) is 15.7. The number of hydrogen-bond acceptors (Lipinski definition) is 6. The SMILES string of the molecule is Cl.NCc1cc(C(=O)NCC2(c3ccc4c(c3)OCO4)CCOCC2)co1. The first-order valence-corrected chi connectivity index (χ1v) is 8.74. The highest BCUT2D eigenvalue weighted by Crippen LogP contribution is 2.40. The van der Waals surface area contributed by atoms with Crippen LogP contribution in [0.2, 0.25) is 0 Å². The standard InChI is InChI=1S/C19H22N2O5.ClH/c20-9-15-7-13(10-24-15)18(22)21-11-19(3-5-23-6-4-19)14-1-2-16-17(8-14)26-12-25-16;/h1-2,7-8,10H,3-6,9,11-12,20H2,(H,21,22);1H. The first-order chi connectivity index (χ1) is 12.7. The Kier molecular flexibility index (Phi) is 5.94. The summed E-state index contributed by atoms with van der Waals surface area (Å²) >= 11 is 0. The summed E-state index contributed by atoms with van der Waals surface area (Å²) in [6.07, 6.45) is 3.09. The molecule has 7 nitrogen and oxygen atoms in total. The molecule has 0 unspecified atom stereocenters. The molecule has 0 radical (unpaired) electrons. The van der Waals surface area contributed by atoms with Gasteiger partial charge >= 0.3 is 0 Å². The number of hydrogen-bond donors (Lipinski definition) is 2. The Morgan fingerprint density at radius 3 is 2.67 bits per heavy atom. The number of nitrogens with two attached hydrogens (primary N) is 1. The van der Waals surface area contributed by atoms with Crippen LogP contribution in [0.15, 0.2) is 34.9 Å². The molecule has 1 amide bonds. The Morgan fingerprint density at radius 1 is 1.15 bits per heavy atom. The van der Waals surface area contributed by atoms with E-state index in [1.54, 1.807) is 6.07 Å². The van der Waals surface area contributed by atoms with Crippen LogP contribution in [0, 0.1) is 0 Å². The van der Waals surface area contributed by atoms with Crippen molar-refractivity contribution in [1.82, 2.24) is 5.32 Å². The highest BCUT2D eigenvalue weighted by molar-refractivity contribution is 5.94. The number of amides is 1. The molecule has 0 aliphatic carbocycles. The van der Waals surface area contributed by atoms with E-state index in [2.05, 4.69) is 11.4 Å². The Morgan fingerprint density at radius 2 is 1.93 bits per heavy atom. The molecule has 3 N–H and O–H groups in total. The summed E-state index contributed by atoms with van der Waals surface area (Å²) in [7, 11) is 0. The summed E-state index contributed by atoms with van der Waals surface area (Å²) in [4.78, 5) is 12.5. The molecule has 0 bridgehead atoms. The molecule has 4 rings (SSSR count). The summed E-state index contributed by atoms with van der Waals surface area (Å²) < 4.78 is 21.7. The topological polar surface area (TPSA) is 96.0 Å². The van der Waals surface area contributed by atoms with E-state index in [9.17, 15) is 4.79 Å². The minimum Gasteiger partial charge on any atom is -0.467 e. The number of nitrogens with one attached hydrogen (secondary N) is 1. The number of fused-ring (bicyclic) bond motifs is 1. The summed E-state index contributed by atoms with van der Waals surface area (Å²) in [5.74, 6) is 1.93. The van der Waals surface area contributed by atoms with Gasteiger partial charge in [-0.25, -0.2) is 0 Å². The number of rotatable bonds is 5. The molecule has 1 saturated heterocycles. The summed E-state index contributed by atoms with van der Waals surface area (Å²) in [5, 5.41) is 3.05. The average molecular weight is 395 g/mol. The minimum atomic E-state index is -0.199. The second-order valence-corrected chi connectivity index (χ2v) is 6.65. The normalized spacial score (nSPS) is 17.2. The lowest BCUT2D eigenvalue weighted by atomic mass is 9.74. The molecule has 8 heteroatoms. The molecule has 0 spiro atoms. The second kappa shape index (κ2) is 8.21. The van der Waals surface area contributed by atoms with Gasteiger partial charge in [0.15, 0.2) is 11.5 Å².